The lowest BCUT2D eigenvalue weighted by molar-refractivity contribution is -0.126. The number of rotatable bonds is 6. The number of hydrogen-bond donors (Lipinski definition) is 1. The molecule has 3 rings (SSSR count). The molecule has 0 unspecified atom stereocenters. The van der Waals surface area contributed by atoms with E-state index in [-0.39, 0.29) is 30.2 Å². The third-order valence-corrected chi connectivity index (χ3v) is 7.08. The Kier molecular flexibility index (Phi) is 6.26. The van der Waals surface area contributed by atoms with Gasteiger partial charge in [-0.25, -0.2) is 12.7 Å². The van der Waals surface area contributed by atoms with Crippen LogP contribution in [0.5, 0.6) is 11.5 Å². The summed E-state index contributed by atoms with van der Waals surface area (Å²) in [5.74, 6) is 1.12. The second-order valence-electron chi connectivity index (χ2n) is 7.15. The van der Waals surface area contributed by atoms with Crippen molar-refractivity contribution in [1.29, 1.82) is 0 Å². The van der Waals surface area contributed by atoms with Gasteiger partial charge in [0.15, 0.2) is 11.5 Å². The van der Waals surface area contributed by atoms with Crippen molar-refractivity contribution in [3.8, 4) is 11.5 Å². The highest BCUT2D eigenvalue weighted by atomic mass is 32.2. The normalized spacial score (nSPS) is 21.5. The van der Waals surface area contributed by atoms with Gasteiger partial charge in [0.1, 0.15) is 13.2 Å². The summed E-state index contributed by atoms with van der Waals surface area (Å²) in [4.78, 5) is 12.7. The summed E-state index contributed by atoms with van der Waals surface area (Å²) in [7, 11) is -3.27. The van der Waals surface area contributed by atoms with Crippen molar-refractivity contribution in [2.45, 2.75) is 39.2 Å². The molecule has 2 aliphatic heterocycles. The molecule has 0 radical (unpaired) electrons. The number of nitrogens with zero attached hydrogens (tertiary/aromatic N) is 1. The SMILES string of the molecule is CCCS(=O)(=O)N1CCC[C@H](C(=O)N[C@H](C)c2ccc3c(c2)OCCO3)C1. The molecule has 150 valence electrons. The number of carbonyl (C=O) groups is 1. The van der Waals surface area contributed by atoms with Gasteiger partial charge < -0.3 is 14.8 Å². The van der Waals surface area contributed by atoms with Gasteiger partial charge in [0, 0.05) is 13.1 Å². The molecule has 0 aromatic heterocycles. The number of nitrogens with one attached hydrogen (secondary N) is 1. The first-order valence-corrected chi connectivity index (χ1v) is 11.2. The Bertz CT molecular complexity index is 780. The summed E-state index contributed by atoms with van der Waals surface area (Å²) in [6.45, 7) is 5.59. The van der Waals surface area contributed by atoms with Crippen LogP contribution in [0.1, 0.15) is 44.7 Å². The summed E-state index contributed by atoms with van der Waals surface area (Å²) < 4.78 is 37.2. The smallest absolute Gasteiger partial charge is 0.224 e. The van der Waals surface area contributed by atoms with Gasteiger partial charge in [0.05, 0.1) is 17.7 Å². The molecule has 7 nitrogen and oxygen atoms in total. The van der Waals surface area contributed by atoms with Crippen molar-refractivity contribution in [2.24, 2.45) is 5.92 Å². The quantitative estimate of drug-likeness (QED) is 0.796. The fraction of sp³-hybridized carbons (Fsp3) is 0.632. The molecule has 2 aliphatic rings. The van der Waals surface area contributed by atoms with Gasteiger partial charge in [0.25, 0.3) is 0 Å². The predicted octanol–water partition coefficient (Wildman–Crippen LogP) is 2.09. The second-order valence-corrected chi connectivity index (χ2v) is 9.24. The highest BCUT2D eigenvalue weighted by Crippen LogP contribution is 2.32. The number of piperidine rings is 1. The molecule has 1 saturated heterocycles. The second kappa shape index (κ2) is 8.48. The van der Waals surface area contributed by atoms with Gasteiger partial charge in [-0.2, -0.15) is 0 Å². The van der Waals surface area contributed by atoms with Crippen LogP contribution in [-0.4, -0.2) is 50.7 Å². The lowest BCUT2D eigenvalue weighted by Crippen LogP contribution is -2.46. The van der Waals surface area contributed by atoms with Gasteiger partial charge in [-0.15, -0.1) is 0 Å². The van der Waals surface area contributed by atoms with Gasteiger partial charge in [0.2, 0.25) is 15.9 Å². The van der Waals surface area contributed by atoms with E-state index in [0.29, 0.717) is 50.5 Å². The van der Waals surface area contributed by atoms with Crippen LogP contribution in [-0.2, 0) is 14.8 Å². The first-order valence-electron chi connectivity index (χ1n) is 9.58. The molecule has 1 N–H and O–H groups in total. The molecule has 1 amide bonds. The number of carbonyl (C=O) groups excluding carboxylic acids is 1. The standard InChI is InChI=1S/C19H28N2O5S/c1-3-11-27(23,24)21-8-4-5-16(13-21)19(22)20-14(2)15-6-7-17-18(12-15)26-10-9-25-17/h6-7,12,14,16H,3-5,8-11,13H2,1-2H3,(H,20,22)/t14-,16+/m1/s1. The van der Waals surface area contributed by atoms with Crippen molar-refractivity contribution >= 4 is 15.9 Å². The number of amides is 1. The Hall–Kier alpha value is -1.80. The maximum Gasteiger partial charge on any atom is 0.224 e. The van der Waals surface area contributed by atoms with E-state index in [2.05, 4.69) is 5.32 Å². The minimum absolute atomic E-state index is 0.103. The van der Waals surface area contributed by atoms with E-state index in [9.17, 15) is 13.2 Å². The first-order chi connectivity index (χ1) is 12.9. The van der Waals surface area contributed by atoms with Gasteiger partial charge in [-0.1, -0.05) is 13.0 Å². The molecule has 2 heterocycles. The van der Waals surface area contributed by atoms with Crippen molar-refractivity contribution in [1.82, 2.24) is 9.62 Å². The van der Waals surface area contributed by atoms with Crippen LogP contribution in [0.3, 0.4) is 0 Å². The summed E-state index contributed by atoms with van der Waals surface area (Å²) in [6.07, 6.45) is 1.99. The van der Waals surface area contributed by atoms with Crippen LogP contribution in [0.25, 0.3) is 0 Å². The molecule has 2 atom stereocenters. The molecule has 0 saturated carbocycles. The molecule has 1 aromatic carbocycles. The lowest BCUT2D eigenvalue weighted by atomic mass is 9.97. The maximum absolute atomic E-state index is 12.7. The molecule has 1 fully saturated rings. The maximum atomic E-state index is 12.7. The zero-order valence-corrected chi connectivity index (χ0v) is 16.8. The fourth-order valence-corrected chi connectivity index (χ4v) is 5.13. The topological polar surface area (TPSA) is 84.9 Å². The zero-order valence-electron chi connectivity index (χ0n) is 15.9. The van der Waals surface area contributed by atoms with Crippen molar-refractivity contribution in [3.63, 3.8) is 0 Å². The van der Waals surface area contributed by atoms with E-state index in [1.165, 1.54) is 4.31 Å². The monoisotopic (exact) mass is 396 g/mol. The highest BCUT2D eigenvalue weighted by Gasteiger charge is 2.32. The average molecular weight is 397 g/mol. The third kappa shape index (κ3) is 4.73. The van der Waals surface area contributed by atoms with Crippen LogP contribution >= 0.6 is 0 Å². The zero-order chi connectivity index (χ0) is 19.4. The van der Waals surface area contributed by atoms with E-state index in [1.54, 1.807) is 0 Å². The molecule has 0 bridgehead atoms. The van der Waals surface area contributed by atoms with Gasteiger partial charge in [-0.3, -0.25) is 4.79 Å². The van der Waals surface area contributed by atoms with E-state index in [0.717, 1.165) is 5.56 Å². The molecule has 8 heteroatoms. The summed E-state index contributed by atoms with van der Waals surface area (Å²) in [5, 5.41) is 3.02. The number of fused-ring (bicyclic) bond motifs is 1. The molecule has 0 aliphatic carbocycles. The van der Waals surface area contributed by atoms with E-state index >= 15 is 0 Å². The Morgan fingerprint density at radius 1 is 1.30 bits per heavy atom. The Morgan fingerprint density at radius 2 is 2.04 bits per heavy atom. The molecule has 0 spiro atoms. The number of benzene rings is 1. The fourth-order valence-electron chi connectivity index (χ4n) is 3.54. The predicted molar refractivity (Wildman–Crippen MR) is 102 cm³/mol. The number of sulfonamides is 1. The molecule has 27 heavy (non-hydrogen) atoms. The third-order valence-electron chi connectivity index (χ3n) is 5.04. The lowest BCUT2D eigenvalue weighted by Gasteiger charge is -2.32. The number of hydrogen-bond acceptors (Lipinski definition) is 5. The minimum atomic E-state index is -3.27. The van der Waals surface area contributed by atoms with E-state index in [4.69, 9.17) is 9.47 Å². The molecule has 1 aromatic rings. The van der Waals surface area contributed by atoms with Crippen molar-refractivity contribution in [2.75, 3.05) is 32.1 Å². The van der Waals surface area contributed by atoms with Crippen LogP contribution in [0.2, 0.25) is 0 Å². The molecular weight excluding hydrogens is 368 g/mol. The first kappa shape index (κ1) is 19.9. The van der Waals surface area contributed by atoms with Crippen LogP contribution < -0.4 is 14.8 Å². The van der Waals surface area contributed by atoms with Gasteiger partial charge >= 0.3 is 0 Å². The molecular formula is C19H28N2O5S. The van der Waals surface area contributed by atoms with Crippen LogP contribution in [0, 0.1) is 5.92 Å². The van der Waals surface area contributed by atoms with Gasteiger partial charge in [-0.05, 0) is 43.9 Å². The Labute approximate surface area is 161 Å². The highest BCUT2D eigenvalue weighted by molar-refractivity contribution is 7.89. The summed E-state index contributed by atoms with van der Waals surface area (Å²) >= 11 is 0. The number of ether oxygens (including phenoxy) is 2. The van der Waals surface area contributed by atoms with Crippen LogP contribution in [0.4, 0.5) is 0 Å². The average Bonchev–Trinajstić information content (AvgIpc) is 2.67. The Balaban J connectivity index is 1.62. The van der Waals surface area contributed by atoms with E-state index in [1.807, 2.05) is 32.0 Å². The van der Waals surface area contributed by atoms with Crippen molar-refractivity contribution in [3.05, 3.63) is 23.8 Å². The van der Waals surface area contributed by atoms with E-state index < -0.39 is 10.0 Å². The largest absolute Gasteiger partial charge is 0.486 e. The summed E-state index contributed by atoms with van der Waals surface area (Å²) in [6, 6.07) is 5.46. The minimum Gasteiger partial charge on any atom is -0.486 e. The van der Waals surface area contributed by atoms with Crippen molar-refractivity contribution < 1.29 is 22.7 Å². The summed E-state index contributed by atoms with van der Waals surface area (Å²) in [5.41, 5.74) is 0.930. The Morgan fingerprint density at radius 3 is 2.78 bits per heavy atom. The van der Waals surface area contributed by atoms with Crippen LogP contribution in [0.15, 0.2) is 18.2 Å².